The fourth-order valence-electron chi connectivity index (χ4n) is 2.77. The molecule has 0 aliphatic carbocycles. The number of aromatic nitrogens is 1. The number of benzene rings is 1. The first-order chi connectivity index (χ1) is 11.4. The van der Waals surface area contributed by atoms with Gasteiger partial charge in [-0.2, -0.15) is 4.37 Å². The largest absolute Gasteiger partial charge is 0.352 e. The summed E-state index contributed by atoms with van der Waals surface area (Å²) in [4.78, 5) is 16.1. The summed E-state index contributed by atoms with van der Waals surface area (Å²) >= 11 is 1.49. The summed E-state index contributed by atoms with van der Waals surface area (Å²) in [5.74, 6) is 0.968. The number of anilines is 1. The van der Waals surface area contributed by atoms with Crippen molar-refractivity contribution in [1.29, 1.82) is 0 Å². The van der Waals surface area contributed by atoms with Crippen molar-refractivity contribution in [2.24, 2.45) is 0 Å². The molecular formula is C15H20N4O3S2. The van der Waals surface area contributed by atoms with Gasteiger partial charge in [0.05, 0.1) is 11.0 Å². The fraction of sp³-hybridized carbons (Fsp3) is 0.467. The SMILES string of the molecule is CS(=O)(=O)NCCC(=O)N1CCN(c2nsc3ccccc23)CC1. The van der Waals surface area contributed by atoms with E-state index >= 15 is 0 Å². The van der Waals surface area contributed by atoms with Crippen molar-refractivity contribution in [3.63, 3.8) is 0 Å². The number of nitrogens with zero attached hydrogens (tertiary/aromatic N) is 3. The quantitative estimate of drug-likeness (QED) is 0.847. The average Bonchev–Trinajstić information content (AvgIpc) is 2.98. The molecule has 1 saturated heterocycles. The topological polar surface area (TPSA) is 82.6 Å². The lowest BCUT2D eigenvalue weighted by Crippen LogP contribution is -2.49. The highest BCUT2D eigenvalue weighted by atomic mass is 32.2. The summed E-state index contributed by atoms with van der Waals surface area (Å²) in [6.07, 6.45) is 1.28. The molecular weight excluding hydrogens is 348 g/mol. The summed E-state index contributed by atoms with van der Waals surface area (Å²) in [7, 11) is -3.25. The monoisotopic (exact) mass is 368 g/mol. The molecule has 0 atom stereocenters. The Kier molecular flexibility index (Phi) is 5.02. The number of amides is 1. The second-order valence-corrected chi connectivity index (χ2v) is 8.42. The van der Waals surface area contributed by atoms with Crippen molar-refractivity contribution in [3.05, 3.63) is 24.3 Å². The molecule has 0 bridgehead atoms. The third-order valence-corrected chi connectivity index (χ3v) is 5.54. The van der Waals surface area contributed by atoms with E-state index in [-0.39, 0.29) is 18.9 Å². The third-order valence-electron chi connectivity index (χ3n) is 3.99. The van der Waals surface area contributed by atoms with Gasteiger partial charge in [0.25, 0.3) is 0 Å². The molecule has 2 heterocycles. The summed E-state index contributed by atoms with van der Waals surface area (Å²) in [6, 6.07) is 8.15. The van der Waals surface area contributed by atoms with E-state index in [4.69, 9.17) is 0 Å². The Hall–Kier alpha value is -1.71. The first kappa shape index (κ1) is 17.1. The van der Waals surface area contributed by atoms with E-state index in [1.54, 1.807) is 4.90 Å². The molecule has 1 fully saturated rings. The lowest BCUT2D eigenvalue weighted by Gasteiger charge is -2.35. The van der Waals surface area contributed by atoms with Gasteiger partial charge in [-0.25, -0.2) is 13.1 Å². The van der Waals surface area contributed by atoms with Gasteiger partial charge in [0.1, 0.15) is 5.82 Å². The molecule has 24 heavy (non-hydrogen) atoms. The van der Waals surface area contributed by atoms with Gasteiger partial charge in [0.2, 0.25) is 15.9 Å². The summed E-state index contributed by atoms with van der Waals surface area (Å²) < 4.78 is 30.1. The van der Waals surface area contributed by atoms with Crippen molar-refractivity contribution < 1.29 is 13.2 Å². The molecule has 0 unspecified atom stereocenters. The van der Waals surface area contributed by atoms with Crippen LogP contribution in [0, 0.1) is 0 Å². The number of sulfonamides is 1. The number of hydrogen-bond donors (Lipinski definition) is 1. The van der Waals surface area contributed by atoms with Crippen LogP contribution >= 0.6 is 11.5 Å². The summed E-state index contributed by atoms with van der Waals surface area (Å²) in [6.45, 7) is 2.87. The van der Waals surface area contributed by atoms with Gasteiger partial charge in [0, 0.05) is 44.5 Å². The Balaban J connectivity index is 1.55. The molecule has 9 heteroatoms. The number of carbonyl (C=O) groups excluding carboxylic acids is 1. The molecule has 130 valence electrons. The number of hydrogen-bond acceptors (Lipinski definition) is 6. The van der Waals surface area contributed by atoms with Crippen molar-refractivity contribution in [2.45, 2.75) is 6.42 Å². The van der Waals surface area contributed by atoms with Crippen molar-refractivity contribution in [3.8, 4) is 0 Å². The second-order valence-electron chi connectivity index (χ2n) is 5.79. The van der Waals surface area contributed by atoms with Gasteiger partial charge >= 0.3 is 0 Å². The smallest absolute Gasteiger partial charge is 0.224 e. The molecule has 7 nitrogen and oxygen atoms in total. The molecule has 1 aliphatic heterocycles. The van der Waals surface area contributed by atoms with Gasteiger partial charge in [-0.05, 0) is 23.7 Å². The standard InChI is InChI=1S/C15H20N4O3S2/c1-24(21,22)16-7-6-14(20)18-8-10-19(11-9-18)15-12-4-2-3-5-13(12)23-17-15/h2-5,16H,6-11H2,1H3. The lowest BCUT2D eigenvalue weighted by atomic mass is 10.2. The van der Waals surface area contributed by atoms with Gasteiger partial charge in [0.15, 0.2) is 0 Å². The van der Waals surface area contributed by atoms with Crippen molar-refractivity contribution in [1.82, 2.24) is 14.0 Å². The van der Waals surface area contributed by atoms with Crippen LogP contribution in [0.1, 0.15) is 6.42 Å². The second kappa shape index (κ2) is 7.04. The van der Waals surface area contributed by atoms with Gasteiger partial charge < -0.3 is 9.80 Å². The first-order valence-electron chi connectivity index (χ1n) is 7.76. The Morgan fingerprint density at radius 1 is 1.25 bits per heavy atom. The zero-order valence-electron chi connectivity index (χ0n) is 13.4. The van der Waals surface area contributed by atoms with Crippen molar-refractivity contribution >= 4 is 43.4 Å². The van der Waals surface area contributed by atoms with Crippen LogP contribution in [0.3, 0.4) is 0 Å². The van der Waals surface area contributed by atoms with Crippen LogP contribution < -0.4 is 9.62 Å². The maximum absolute atomic E-state index is 12.1. The molecule has 3 rings (SSSR count). The van der Waals surface area contributed by atoms with Crippen molar-refractivity contribution in [2.75, 3.05) is 43.9 Å². The van der Waals surface area contributed by atoms with Gasteiger partial charge in [-0.3, -0.25) is 4.79 Å². The summed E-state index contributed by atoms with van der Waals surface area (Å²) in [5, 5.41) is 1.15. The third kappa shape index (κ3) is 4.03. The average molecular weight is 368 g/mol. The van der Waals surface area contributed by atoms with Crippen LogP contribution in [-0.4, -0.2) is 62.6 Å². The maximum Gasteiger partial charge on any atom is 0.224 e. The van der Waals surface area contributed by atoms with E-state index in [0.29, 0.717) is 13.1 Å². The van der Waals surface area contributed by atoms with Crippen LogP contribution in [0.15, 0.2) is 24.3 Å². The number of rotatable bonds is 5. The molecule has 1 aromatic carbocycles. The Morgan fingerprint density at radius 2 is 1.96 bits per heavy atom. The molecule has 0 saturated carbocycles. The zero-order valence-corrected chi connectivity index (χ0v) is 15.1. The van der Waals surface area contributed by atoms with Crippen LogP contribution in [0.25, 0.3) is 10.1 Å². The number of carbonyl (C=O) groups is 1. The van der Waals surface area contributed by atoms with E-state index in [1.807, 2.05) is 12.1 Å². The molecule has 1 aliphatic rings. The molecule has 1 N–H and O–H groups in total. The molecule has 2 aromatic rings. The number of nitrogens with one attached hydrogen (secondary N) is 1. The Labute approximate surface area is 145 Å². The van der Waals surface area contributed by atoms with Crippen LogP contribution in [0.4, 0.5) is 5.82 Å². The predicted molar refractivity (Wildman–Crippen MR) is 95.9 cm³/mol. The van der Waals surface area contributed by atoms with E-state index in [9.17, 15) is 13.2 Å². The van der Waals surface area contributed by atoms with E-state index in [0.717, 1.165) is 35.2 Å². The minimum atomic E-state index is -3.25. The van der Waals surface area contributed by atoms with Crippen LogP contribution in [0.2, 0.25) is 0 Å². The van der Waals surface area contributed by atoms with Crippen LogP contribution in [0.5, 0.6) is 0 Å². The molecule has 0 radical (unpaired) electrons. The highest BCUT2D eigenvalue weighted by molar-refractivity contribution is 7.88. The molecule has 1 amide bonds. The predicted octanol–water partition coefficient (Wildman–Crippen LogP) is 0.884. The Bertz CT molecular complexity index is 826. The highest BCUT2D eigenvalue weighted by Crippen LogP contribution is 2.29. The zero-order chi connectivity index (χ0) is 17.2. The number of piperazine rings is 1. The minimum Gasteiger partial charge on any atom is -0.352 e. The molecule has 1 aromatic heterocycles. The first-order valence-corrected chi connectivity index (χ1v) is 10.4. The maximum atomic E-state index is 12.1. The van der Waals surface area contributed by atoms with Crippen LogP contribution in [-0.2, 0) is 14.8 Å². The fourth-order valence-corrected chi connectivity index (χ4v) is 4.04. The number of fused-ring (bicyclic) bond motifs is 1. The van der Waals surface area contributed by atoms with Gasteiger partial charge in [-0.1, -0.05) is 12.1 Å². The lowest BCUT2D eigenvalue weighted by molar-refractivity contribution is -0.131. The highest BCUT2D eigenvalue weighted by Gasteiger charge is 2.23. The van der Waals surface area contributed by atoms with E-state index < -0.39 is 10.0 Å². The van der Waals surface area contributed by atoms with Gasteiger partial charge in [-0.15, -0.1) is 0 Å². The summed E-state index contributed by atoms with van der Waals surface area (Å²) in [5.41, 5.74) is 0. The minimum absolute atomic E-state index is 0.0195. The van der Waals surface area contributed by atoms with E-state index in [2.05, 4.69) is 26.1 Å². The molecule has 0 spiro atoms. The Morgan fingerprint density at radius 3 is 2.67 bits per heavy atom. The normalized spacial score (nSPS) is 15.9. The van der Waals surface area contributed by atoms with E-state index in [1.165, 1.54) is 11.5 Å².